The van der Waals surface area contributed by atoms with Crippen LogP contribution in [0.3, 0.4) is 0 Å². The van der Waals surface area contributed by atoms with Gasteiger partial charge in [-0.05, 0) is 81.1 Å². The minimum Gasteiger partial charge on any atom is -0.478 e. The monoisotopic (exact) mass is 510 g/mol. The van der Waals surface area contributed by atoms with Gasteiger partial charge in [0, 0.05) is 26.4 Å². The van der Waals surface area contributed by atoms with Crippen molar-refractivity contribution in [1.29, 1.82) is 0 Å². The lowest BCUT2D eigenvalue weighted by Gasteiger charge is -2.20. The highest BCUT2D eigenvalue weighted by Crippen LogP contribution is 2.44. The van der Waals surface area contributed by atoms with E-state index in [2.05, 4.69) is 31.9 Å². The van der Waals surface area contributed by atoms with Crippen molar-refractivity contribution in [2.75, 3.05) is 0 Å². The zero-order valence-electron chi connectivity index (χ0n) is 14.1. The van der Waals surface area contributed by atoms with E-state index in [0.29, 0.717) is 27.8 Å². The van der Waals surface area contributed by atoms with E-state index in [1.165, 1.54) is 30.5 Å². The summed E-state index contributed by atoms with van der Waals surface area (Å²) in [5, 5.41) is 9.95. The third-order valence-electron chi connectivity index (χ3n) is 4.21. The first-order valence-electron chi connectivity index (χ1n) is 7.65. The highest BCUT2D eigenvalue weighted by Gasteiger charge is 2.27. The number of hydrogen-bond donors (Lipinski definition) is 1. The molecule has 0 aliphatic carbocycles. The molecule has 0 fully saturated rings. The van der Waals surface area contributed by atoms with Crippen molar-refractivity contribution >= 4 is 74.0 Å². The second-order valence-electron chi connectivity index (χ2n) is 5.82. The quantitative estimate of drug-likeness (QED) is 0.453. The van der Waals surface area contributed by atoms with Crippen molar-refractivity contribution in [2.24, 2.45) is 0 Å². The first-order valence-corrected chi connectivity index (χ1v) is 10.9. The molecule has 3 nitrogen and oxygen atoms in total. The summed E-state index contributed by atoms with van der Waals surface area (Å²) in [4.78, 5) is 26.4. The maximum absolute atomic E-state index is 12.5. The number of aromatic carboxylic acids is 1. The number of hydrogen-bond acceptors (Lipinski definition) is 4. The Hall–Kier alpha value is -1.22. The normalized spacial score (nSPS) is 10.9. The van der Waals surface area contributed by atoms with Crippen molar-refractivity contribution in [3.05, 3.63) is 54.1 Å². The Morgan fingerprint density at radius 3 is 1.65 bits per heavy atom. The smallest absolute Gasteiger partial charge is 0.336 e. The molecule has 0 spiro atoms. The molecule has 0 saturated carbocycles. The van der Waals surface area contributed by atoms with Gasteiger partial charge in [0.15, 0.2) is 7.85 Å². The molecule has 3 rings (SSSR count). The fourth-order valence-electron chi connectivity index (χ4n) is 3.22. The third-order valence-corrected chi connectivity index (χ3v) is 7.49. The highest BCUT2D eigenvalue weighted by molar-refractivity contribution is 9.11. The Balaban J connectivity index is 2.49. The summed E-state index contributed by atoms with van der Waals surface area (Å²) in [5.41, 5.74) is 3.41. The van der Waals surface area contributed by atoms with Crippen LogP contribution in [-0.4, -0.2) is 24.6 Å². The van der Waals surface area contributed by atoms with Gasteiger partial charge in [-0.1, -0.05) is 0 Å². The lowest BCUT2D eigenvalue weighted by Crippen LogP contribution is -2.12. The van der Waals surface area contributed by atoms with Gasteiger partial charge in [-0.25, -0.2) is 4.79 Å². The molecule has 3 aromatic rings. The Bertz CT molecular complexity index is 969. The SMILES string of the molecule is BC(=O)c1c(C)c(-c2ccc(Br)s2)c(C(=O)O)c(C)c1-c1ccc(Br)s1. The highest BCUT2D eigenvalue weighted by atomic mass is 79.9. The molecule has 0 aliphatic rings. The first-order chi connectivity index (χ1) is 12.2. The summed E-state index contributed by atoms with van der Waals surface area (Å²) in [5.74, 6) is -0.989. The Morgan fingerprint density at radius 1 is 0.885 bits per heavy atom. The summed E-state index contributed by atoms with van der Waals surface area (Å²) in [6.07, 6.45) is 0. The van der Waals surface area contributed by atoms with E-state index >= 15 is 0 Å². The number of thiophene rings is 2. The van der Waals surface area contributed by atoms with Crippen molar-refractivity contribution in [1.82, 2.24) is 0 Å². The van der Waals surface area contributed by atoms with Crippen LogP contribution in [0.15, 0.2) is 31.8 Å². The summed E-state index contributed by atoms with van der Waals surface area (Å²) in [6, 6.07) is 7.59. The molecule has 1 aromatic carbocycles. The van der Waals surface area contributed by atoms with Crippen molar-refractivity contribution in [3.63, 3.8) is 0 Å². The van der Waals surface area contributed by atoms with Crippen LogP contribution < -0.4 is 0 Å². The van der Waals surface area contributed by atoms with Crippen LogP contribution in [0.5, 0.6) is 0 Å². The number of halogens is 2. The van der Waals surface area contributed by atoms with Gasteiger partial charge in [0.05, 0.1) is 13.1 Å². The fraction of sp³-hybridized carbons (Fsp3) is 0.111. The molecule has 2 heterocycles. The number of rotatable bonds is 4. The predicted octanol–water partition coefficient (Wildman–Crippen LogP) is 5.76. The van der Waals surface area contributed by atoms with E-state index in [0.717, 1.165) is 17.3 Å². The molecule has 8 heteroatoms. The van der Waals surface area contributed by atoms with Crippen LogP contribution in [0.25, 0.3) is 20.9 Å². The van der Waals surface area contributed by atoms with E-state index in [1.54, 1.807) is 6.92 Å². The summed E-state index contributed by atoms with van der Waals surface area (Å²) >= 11 is 9.83. The molecule has 0 saturated heterocycles. The van der Waals surface area contributed by atoms with Crippen LogP contribution in [0.4, 0.5) is 0 Å². The lowest BCUT2D eigenvalue weighted by molar-refractivity contribution is 0.0696. The average molecular weight is 512 g/mol. The molecule has 0 amide bonds. The van der Waals surface area contributed by atoms with Gasteiger partial charge in [-0.15, -0.1) is 22.7 Å². The number of carboxylic acid groups (broad SMARTS) is 1. The van der Waals surface area contributed by atoms with Gasteiger partial charge in [0.25, 0.3) is 0 Å². The largest absolute Gasteiger partial charge is 0.478 e. The molecule has 1 N–H and O–H groups in total. The zero-order valence-corrected chi connectivity index (χ0v) is 19.0. The van der Waals surface area contributed by atoms with Crippen LogP contribution in [-0.2, 0) is 0 Å². The minimum absolute atomic E-state index is 0.0704. The third kappa shape index (κ3) is 3.35. The van der Waals surface area contributed by atoms with Gasteiger partial charge in [0.1, 0.15) is 5.68 Å². The van der Waals surface area contributed by atoms with E-state index in [1.807, 2.05) is 31.2 Å². The number of carboxylic acids is 1. The molecule has 132 valence electrons. The van der Waals surface area contributed by atoms with Gasteiger partial charge in [-0.2, -0.15) is 0 Å². The second kappa shape index (κ2) is 7.42. The minimum atomic E-state index is -0.989. The van der Waals surface area contributed by atoms with E-state index in [4.69, 9.17) is 0 Å². The molecule has 0 radical (unpaired) electrons. The van der Waals surface area contributed by atoms with Crippen LogP contribution in [0, 0.1) is 13.8 Å². The van der Waals surface area contributed by atoms with Gasteiger partial charge < -0.3 is 9.90 Å². The van der Waals surface area contributed by atoms with Crippen molar-refractivity contribution in [3.8, 4) is 20.9 Å². The Labute approximate surface area is 176 Å². The maximum atomic E-state index is 12.5. The average Bonchev–Trinajstić information content (AvgIpc) is 3.16. The zero-order chi connectivity index (χ0) is 19.2. The van der Waals surface area contributed by atoms with Crippen molar-refractivity contribution in [2.45, 2.75) is 13.8 Å². The molecule has 0 atom stereocenters. The van der Waals surface area contributed by atoms with E-state index in [9.17, 15) is 14.7 Å². The van der Waals surface area contributed by atoms with Gasteiger partial charge >= 0.3 is 5.97 Å². The Morgan fingerprint density at radius 2 is 1.31 bits per heavy atom. The second-order valence-corrected chi connectivity index (χ2v) is 10.7. The van der Waals surface area contributed by atoms with Crippen LogP contribution in [0.2, 0.25) is 0 Å². The number of benzene rings is 1. The summed E-state index contributed by atoms with van der Waals surface area (Å²) in [6.45, 7) is 3.61. The van der Waals surface area contributed by atoms with E-state index in [-0.39, 0.29) is 11.2 Å². The topological polar surface area (TPSA) is 54.4 Å². The predicted molar refractivity (Wildman–Crippen MR) is 118 cm³/mol. The van der Waals surface area contributed by atoms with Gasteiger partial charge in [0.2, 0.25) is 0 Å². The van der Waals surface area contributed by atoms with Crippen LogP contribution in [0.1, 0.15) is 31.8 Å². The molecule has 0 aliphatic heterocycles. The number of carbonyl (C=O) groups excluding carboxylic acids is 1. The first kappa shape index (κ1) is 19.5. The summed E-state index contributed by atoms with van der Waals surface area (Å²) < 4.78 is 1.85. The van der Waals surface area contributed by atoms with E-state index < -0.39 is 5.97 Å². The fourth-order valence-corrected chi connectivity index (χ4v) is 6.21. The molecular weight excluding hydrogens is 499 g/mol. The summed E-state index contributed by atoms with van der Waals surface area (Å²) in [7, 11) is 1.53. The molecule has 26 heavy (non-hydrogen) atoms. The van der Waals surface area contributed by atoms with Crippen LogP contribution >= 0.6 is 54.5 Å². The molecule has 0 unspecified atom stereocenters. The standard InChI is InChI=1S/C18H13BBr2O3S2/c1-7-14(10-4-6-12(21)26-10)16(18(23)24)8(2)13(15(7)17(19)22)9-3-5-11(20)25-9/h3-6H,19H2,1-2H3,(H,23,24). The van der Waals surface area contributed by atoms with Gasteiger partial charge in [-0.3, -0.25) is 0 Å². The van der Waals surface area contributed by atoms with Crippen molar-refractivity contribution < 1.29 is 14.7 Å². The lowest BCUT2D eigenvalue weighted by atomic mass is 9.80. The molecular formula is C18H13BBr2O3S2. The molecule has 2 aromatic heterocycles. The Kier molecular flexibility index (Phi) is 5.58. The number of carbonyl (C=O) groups is 2. The maximum Gasteiger partial charge on any atom is 0.336 e. The molecule has 0 bridgehead atoms.